The van der Waals surface area contributed by atoms with Crippen LogP contribution >= 0.6 is 11.8 Å². The largest absolute Gasteiger partial charge is 0.482 e. The van der Waals surface area contributed by atoms with E-state index in [2.05, 4.69) is 19.9 Å². The Hall–Kier alpha value is -2.67. The lowest BCUT2D eigenvalue weighted by Gasteiger charge is -2.25. The van der Waals surface area contributed by atoms with Crippen LogP contribution in [0.25, 0.3) is 0 Å². The molecule has 132 valence electrons. The van der Waals surface area contributed by atoms with E-state index in [1.165, 1.54) is 0 Å². The summed E-state index contributed by atoms with van der Waals surface area (Å²) in [6.07, 6.45) is 9.84. The first-order chi connectivity index (χ1) is 12.8. The maximum atomic E-state index is 6.21. The molecule has 7 heteroatoms. The van der Waals surface area contributed by atoms with E-state index in [4.69, 9.17) is 10.5 Å². The number of nitrogens with zero attached hydrogens (tertiary/aromatic N) is 4. The van der Waals surface area contributed by atoms with Crippen molar-refractivity contribution in [2.45, 2.75) is 36.0 Å². The van der Waals surface area contributed by atoms with E-state index in [1.807, 2.05) is 30.5 Å². The second-order valence-corrected chi connectivity index (χ2v) is 7.14. The van der Waals surface area contributed by atoms with Crippen LogP contribution in [0.3, 0.4) is 0 Å². The van der Waals surface area contributed by atoms with Crippen LogP contribution in [-0.2, 0) is 12.2 Å². The van der Waals surface area contributed by atoms with Crippen LogP contribution in [-0.4, -0.2) is 19.9 Å². The van der Waals surface area contributed by atoms with Gasteiger partial charge in [0.1, 0.15) is 12.4 Å². The van der Waals surface area contributed by atoms with Gasteiger partial charge in [-0.05, 0) is 37.5 Å². The molecule has 0 bridgehead atoms. The number of nitrogens with two attached hydrogens (primary N) is 1. The predicted octanol–water partition coefficient (Wildman–Crippen LogP) is 3.60. The number of rotatable bonds is 5. The molecule has 6 nitrogen and oxygen atoms in total. The molecule has 0 aliphatic heterocycles. The lowest BCUT2D eigenvalue weighted by atomic mass is 9.94. The third-order valence-corrected chi connectivity index (χ3v) is 5.29. The number of fused-ring (bicyclic) bond motifs is 1. The summed E-state index contributed by atoms with van der Waals surface area (Å²) in [6, 6.07) is 7.86. The summed E-state index contributed by atoms with van der Waals surface area (Å²) in [7, 11) is 0. The lowest BCUT2D eigenvalue weighted by molar-refractivity contribution is 0.182. The average molecular weight is 365 g/mol. The summed E-state index contributed by atoms with van der Waals surface area (Å²) in [5.74, 6) is 1.78. The molecule has 1 atom stereocenters. The molecule has 0 amide bonds. The van der Waals surface area contributed by atoms with Crippen LogP contribution in [0.1, 0.15) is 35.9 Å². The zero-order valence-electron chi connectivity index (χ0n) is 14.2. The smallest absolute Gasteiger partial charge is 0.166 e. The highest BCUT2D eigenvalue weighted by molar-refractivity contribution is 7.98. The van der Waals surface area contributed by atoms with Crippen molar-refractivity contribution in [3.8, 4) is 5.75 Å². The number of ether oxygens (including phenoxy) is 1. The zero-order valence-corrected chi connectivity index (χ0v) is 15.0. The van der Waals surface area contributed by atoms with Crippen LogP contribution in [0.4, 0.5) is 5.82 Å². The fraction of sp³-hybridized carbons (Fsp3) is 0.263. The highest BCUT2D eigenvalue weighted by atomic mass is 32.2. The zero-order chi connectivity index (χ0) is 17.8. The van der Waals surface area contributed by atoms with E-state index < -0.39 is 0 Å². The summed E-state index contributed by atoms with van der Waals surface area (Å²) < 4.78 is 6.21. The number of hydrogen-bond donors (Lipinski definition) is 1. The van der Waals surface area contributed by atoms with Crippen molar-refractivity contribution in [1.29, 1.82) is 0 Å². The number of anilines is 1. The Kier molecular flexibility index (Phi) is 4.97. The van der Waals surface area contributed by atoms with Gasteiger partial charge < -0.3 is 10.5 Å². The quantitative estimate of drug-likeness (QED) is 0.691. The molecular weight excluding hydrogens is 346 g/mol. The van der Waals surface area contributed by atoms with Crippen molar-refractivity contribution in [2.24, 2.45) is 0 Å². The van der Waals surface area contributed by atoms with Crippen LogP contribution in [0.5, 0.6) is 5.75 Å². The number of aryl methyl sites for hydroxylation is 1. The molecule has 0 saturated heterocycles. The molecule has 0 fully saturated rings. The Morgan fingerprint density at radius 2 is 2.15 bits per heavy atom. The highest BCUT2D eigenvalue weighted by Crippen LogP contribution is 2.35. The van der Waals surface area contributed by atoms with Gasteiger partial charge in [-0.15, -0.1) is 11.8 Å². The predicted molar refractivity (Wildman–Crippen MR) is 101 cm³/mol. The molecule has 1 unspecified atom stereocenters. The molecule has 0 spiro atoms. The third kappa shape index (κ3) is 3.77. The lowest BCUT2D eigenvalue weighted by Crippen LogP contribution is -2.17. The van der Waals surface area contributed by atoms with Crippen molar-refractivity contribution >= 4 is 17.6 Å². The highest BCUT2D eigenvalue weighted by Gasteiger charge is 2.24. The van der Waals surface area contributed by atoms with Crippen molar-refractivity contribution in [3.05, 3.63) is 66.1 Å². The maximum Gasteiger partial charge on any atom is 0.166 e. The van der Waals surface area contributed by atoms with Gasteiger partial charge in [-0.3, -0.25) is 4.98 Å². The Balaban J connectivity index is 1.50. The normalized spacial score (nSPS) is 16.1. The van der Waals surface area contributed by atoms with E-state index in [0.29, 0.717) is 11.6 Å². The Morgan fingerprint density at radius 1 is 1.19 bits per heavy atom. The fourth-order valence-corrected chi connectivity index (χ4v) is 3.78. The van der Waals surface area contributed by atoms with Gasteiger partial charge in [0, 0.05) is 34.8 Å². The number of hydrogen-bond acceptors (Lipinski definition) is 7. The second kappa shape index (κ2) is 7.70. The first-order valence-corrected chi connectivity index (χ1v) is 9.52. The number of pyridine rings is 2. The van der Waals surface area contributed by atoms with Gasteiger partial charge in [-0.25, -0.2) is 15.0 Å². The molecular formula is C19H19N5OS. The first kappa shape index (κ1) is 16.8. The van der Waals surface area contributed by atoms with Crippen molar-refractivity contribution in [3.63, 3.8) is 0 Å². The van der Waals surface area contributed by atoms with E-state index >= 15 is 0 Å². The molecule has 1 aliphatic rings. The van der Waals surface area contributed by atoms with Crippen molar-refractivity contribution < 1.29 is 4.74 Å². The Bertz CT molecular complexity index is 890. The van der Waals surface area contributed by atoms with Gasteiger partial charge in [0.15, 0.2) is 11.6 Å². The Labute approximate surface area is 156 Å². The molecule has 3 heterocycles. The summed E-state index contributed by atoms with van der Waals surface area (Å²) in [5.41, 5.74) is 9.17. The standard InChI is InChI=1S/C19H19N5OS/c20-19-18(25-17-6-3-5-16-15(17)10-21-12-24-16)8-14(9-23-19)26-11-13-4-1-2-7-22-13/h1-2,4,7-10,12,17H,3,5-6,11H2,(H2,20,23). The average Bonchev–Trinajstić information content (AvgIpc) is 2.69. The summed E-state index contributed by atoms with van der Waals surface area (Å²) in [5, 5.41) is 0. The van der Waals surface area contributed by atoms with Crippen molar-refractivity contribution in [1.82, 2.24) is 19.9 Å². The van der Waals surface area contributed by atoms with Crippen LogP contribution in [0, 0.1) is 0 Å². The SMILES string of the molecule is Nc1ncc(SCc2ccccn2)cc1OC1CCCc2ncncc21. The molecule has 3 aromatic heterocycles. The molecule has 4 rings (SSSR count). The van der Waals surface area contributed by atoms with Gasteiger partial charge in [0.2, 0.25) is 0 Å². The minimum atomic E-state index is -0.0832. The van der Waals surface area contributed by atoms with E-state index in [1.54, 1.807) is 30.5 Å². The minimum absolute atomic E-state index is 0.0832. The van der Waals surface area contributed by atoms with Crippen molar-refractivity contribution in [2.75, 3.05) is 5.73 Å². The third-order valence-electron chi connectivity index (χ3n) is 4.29. The monoisotopic (exact) mass is 365 g/mol. The molecule has 0 saturated carbocycles. The number of nitrogen functional groups attached to an aromatic ring is 1. The summed E-state index contributed by atoms with van der Waals surface area (Å²) in [4.78, 5) is 18.1. The topological polar surface area (TPSA) is 86.8 Å². The maximum absolute atomic E-state index is 6.21. The first-order valence-electron chi connectivity index (χ1n) is 8.53. The molecule has 3 aromatic rings. The van der Waals surface area contributed by atoms with Gasteiger partial charge in [-0.2, -0.15) is 0 Å². The van der Waals surface area contributed by atoms with Gasteiger partial charge in [0.05, 0.1) is 11.4 Å². The number of thioether (sulfide) groups is 1. The molecule has 0 aromatic carbocycles. The molecule has 0 radical (unpaired) electrons. The van der Waals surface area contributed by atoms with Crippen LogP contribution in [0.2, 0.25) is 0 Å². The van der Waals surface area contributed by atoms with E-state index in [-0.39, 0.29) is 6.10 Å². The summed E-state index contributed by atoms with van der Waals surface area (Å²) in [6.45, 7) is 0. The van der Waals surface area contributed by atoms with Gasteiger partial charge >= 0.3 is 0 Å². The van der Waals surface area contributed by atoms with Gasteiger partial charge in [-0.1, -0.05) is 6.07 Å². The molecule has 2 N–H and O–H groups in total. The second-order valence-electron chi connectivity index (χ2n) is 6.09. The Morgan fingerprint density at radius 3 is 3.04 bits per heavy atom. The van der Waals surface area contributed by atoms with E-state index in [9.17, 15) is 0 Å². The summed E-state index contributed by atoms with van der Waals surface area (Å²) >= 11 is 1.66. The molecule has 1 aliphatic carbocycles. The number of aromatic nitrogens is 4. The van der Waals surface area contributed by atoms with Gasteiger partial charge in [0.25, 0.3) is 0 Å². The fourth-order valence-electron chi connectivity index (χ4n) is 2.98. The molecule has 26 heavy (non-hydrogen) atoms. The van der Waals surface area contributed by atoms with Crippen LogP contribution in [0.15, 0.2) is 54.1 Å². The van der Waals surface area contributed by atoms with Crippen LogP contribution < -0.4 is 10.5 Å². The van der Waals surface area contributed by atoms with E-state index in [0.717, 1.165) is 46.9 Å². The minimum Gasteiger partial charge on any atom is -0.482 e.